The number of H-pyrrole nitrogens is 1. The number of fused-ring (bicyclic) bond motifs is 8. The summed E-state index contributed by atoms with van der Waals surface area (Å²) < 4.78 is 5.15. The van der Waals surface area contributed by atoms with Crippen molar-refractivity contribution in [3.63, 3.8) is 0 Å². The largest absolute Gasteiger partial charge is 0.378 e. The number of nitrogens with one attached hydrogen (secondary N) is 2. The molecule has 5 aliphatic rings. The highest BCUT2D eigenvalue weighted by Gasteiger charge is 2.38. The van der Waals surface area contributed by atoms with Crippen LogP contribution in [0.4, 0.5) is 0 Å². The Morgan fingerprint density at radius 2 is 1.66 bits per heavy atom. The van der Waals surface area contributed by atoms with Gasteiger partial charge in [-0.15, -0.1) is 6.42 Å². The predicted octanol–water partition coefficient (Wildman–Crippen LogP) is 10.7. The molecule has 4 heteroatoms. The third-order valence-electron chi connectivity index (χ3n) is 13.5. The first-order valence-electron chi connectivity index (χ1n) is 21.5. The van der Waals surface area contributed by atoms with Gasteiger partial charge in [0.1, 0.15) is 13.1 Å². The zero-order valence-corrected chi connectivity index (χ0v) is 34.5. The van der Waals surface area contributed by atoms with Gasteiger partial charge in [-0.2, -0.15) is 4.57 Å². The Balaban J connectivity index is 1.06. The minimum atomic E-state index is 0.370. The molecular weight excluding hydrogens is 717 g/mol. The second-order valence-electron chi connectivity index (χ2n) is 16.7. The van der Waals surface area contributed by atoms with Crippen LogP contribution in [0, 0.1) is 32.1 Å². The fourth-order valence-corrected chi connectivity index (χ4v) is 10.4. The molecule has 0 spiro atoms. The maximum absolute atomic E-state index is 5.80. The molecular formula is C55H52N4+2. The van der Waals surface area contributed by atoms with Gasteiger partial charge in [0, 0.05) is 71.1 Å². The number of nitrogens with zero attached hydrogens (tertiary/aromatic N) is 2. The molecule has 3 aromatic carbocycles. The molecule has 290 valence electrons. The van der Waals surface area contributed by atoms with Crippen molar-refractivity contribution in [1.82, 2.24) is 10.3 Å². The van der Waals surface area contributed by atoms with E-state index in [-0.39, 0.29) is 0 Å². The number of aromatic nitrogens is 2. The first-order valence-corrected chi connectivity index (χ1v) is 21.5. The average Bonchev–Trinajstić information content (AvgIpc) is 3.84. The van der Waals surface area contributed by atoms with E-state index in [0.29, 0.717) is 12.0 Å². The van der Waals surface area contributed by atoms with Gasteiger partial charge in [-0.3, -0.25) is 0 Å². The summed E-state index contributed by atoms with van der Waals surface area (Å²) in [6.07, 6.45) is 36.3. The summed E-state index contributed by atoms with van der Waals surface area (Å²) >= 11 is 0. The maximum atomic E-state index is 5.80. The highest BCUT2D eigenvalue weighted by Crippen LogP contribution is 2.41. The van der Waals surface area contributed by atoms with E-state index in [9.17, 15) is 0 Å². The summed E-state index contributed by atoms with van der Waals surface area (Å²) in [5.41, 5.74) is 22.4. The molecule has 5 aromatic rings. The van der Waals surface area contributed by atoms with Gasteiger partial charge >= 0.3 is 0 Å². The topological polar surface area (TPSA) is 34.7 Å². The molecule has 2 N–H and O–H groups in total. The van der Waals surface area contributed by atoms with Gasteiger partial charge in [0.2, 0.25) is 11.4 Å². The van der Waals surface area contributed by atoms with E-state index in [0.717, 1.165) is 67.7 Å². The van der Waals surface area contributed by atoms with E-state index in [2.05, 4.69) is 161 Å². The van der Waals surface area contributed by atoms with E-state index in [4.69, 9.17) is 6.42 Å². The van der Waals surface area contributed by atoms with Crippen LogP contribution < -0.4 is 9.88 Å². The van der Waals surface area contributed by atoms with Crippen LogP contribution in [0.5, 0.6) is 0 Å². The van der Waals surface area contributed by atoms with Crippen molar-refractivity contribution in [1.29, 1.82) is 0 Å². The van der Waals surface area contributed by atoms with E-state index in [1.807, 2.05) is 19.1 Å². The fourth-order valence-electron chi connectivity index (χ4n) is 10.4. The van der Waals surface area contributed by atoms with Gasteiger partial charge in [-0.25, -0.2) is 4.58 Å². The zero-order valence-electron chi connectivity index (χ0n) is 34.5. The minimum Gasteiger partial charge on any atom is -0.378 e. The van der Waals surface area contributed by atoms with Crippen LogP contribution >= 0.6 is 0 Å². The van der Waals surface area contributed by atoms with E-state index >= 15 is 0 Å². The molecule has 1 aliphatic carbocycles. The first-order chi connectivity index (χ1) is 29.0. The number of hydrogen-bond donors (Lipinski definition) is 2. The molecule has 2 atom stereocenters. The van der Waals surface area contributed by atoms with Crippen molar-refractivity contribution >= 4 is 40.0 Å². The first kappa shape index (κ1) is 36.9. The van der Waals surface area contributed by atoms with E-state index < -0.39 is 0 Å². The summed E-state index contributed by atoms with van der Waals surface area (Å²) in [4.78, 5) is 3.66. The van der Waals surface area contributed by atoms with Crippen LogP contribution in [0.2, 0.25) is 0 Å². The van der Waals surface area contributed by atoms with Crippen molar-refractivity contribution in [3.05, 3.63) is 183 Å². The molecule has 6 heterocycles. The van der Waals surface area contributed by atoms with Gasteiger partial charge in [-0.1, -0.05) is 103 Å². The lowest BCUT2D eigenvalue weighted by Crippen LogP contribution is -2.42. The Hall–Kier alpha value is -6.44. The van der Waals surface area contributed by atoms with Crippen molar-refractivity contribution in [2.45, 2.75) is 65.5 Å². The fraction of sp³-hybridized carbons (Fsp3) is 0.236. The zero-order chi connectivity index (χ0) is 40.0. The molecule has 0 bridgehead atoms. The van der Waals surface area contributed by atoms with E-state index in [1.165, 1.54) is 84.6 Å². The molecule has 0 saturated carbocycles. The Morgan fingerprint density at radius 3 is 2.51 bits per heavy atom. The van der Waals surface area contributed by atoms with Crippen LogP contribution in [0.15, 0.2) is 133 Å². The van der Waals surface area contributed by atoms with Crippen LogP contribution in [0.25, 0.3) is 45.6 Å². The monoisotopic (exact) mass is 768 g/mol. The lowest BCUT2D eigenvalue weighted by Gasteiger charge is -2.29. The highest BCUT2D eigenvalue weighted by atomic mass is 15.0. The van der Waals surface area contributed by atoms with E-state index in [1.54, 1.807) is 0 Å². The second kappa shape index (κ2) is 15.4. The number of aromatic amines is 1. The lowest BCUT2D eigenvalue weighted by molar-refractivity contribution is -0.687. The summed E-state index contributed by atoms with van der Waals surface area (Å²) in [6.45, 7) is 9.85. The molecule has 10 rings (SSSR count). The average molecular weight is 769 g/mol. The summed E-state index contributed by atoms with van der Waals surface area (Å²) in [5.74, 6) is 3.25. The van der Waals surface area contributed by atoms with Gasteiger partial charge in [0.05, 0.1) is 22.9 Å². The number of pyridine rings is 1. The molecule has 0 amide bonds. The number of terminal acetylenes is 1. The van der Waals surface area contributed by atoms with Gasteiger partial charge < -0.3 is 10.3 Å². The molecule has 0 radical (unpaired) electrons. The number of benzene rings is 3. The summed E-state index contributed by atoms with van der Waals surface area (Å²) in [7, 11) is 0. The standard InChI is InChI=1S/C55H50N4/c1-5-14-40(15-6-2)54-46(44-18-10-12-20-48(44)56-54)24-22-38-26-30-58-32-28-42-36(3)37(4)43-29-33-59-31-27-39(35-51(59)53(43)52(42)50(58)34-38)23-25-47-45-19-11-13-21-49(45)57-55(47)41-16-8-7-9-17-41/h1,6-10,12-18,20-26,30,34-35,45,49H,11,19,27-29,31-33H2,2-4H3/p+2. The number of rotatable bonds is 7. The van der Waals surface area contributed by atoms with Crippen molar-refractivity contribution in [2.75, 3.05) is 13.1 Å². The van der Waals surface area contributed by atoms with Crippen molar-refractivity contribution in [3.8, 4) is 23.6 Å². The molecule has 2 unspecified atom stereocenters. The second-order valence-corrected chi connectivity index (χ2v) is 16.7. The Labute approximate surface area is 349 Å². The van der Waals surface area contributed by atoms with Crippen molar-refractivity contribution in [2.24, 2.45) is 5.92 Å². The number of allylic oxidation sites excluding steroid dienone is 8. The SMILES string of the molecule is C#CC=C(C=CC)c1[nH]c2ccccc2c1C=Cc1cc[n+]2c(c1)-c1c(c(C)c(C)c3c1C1=[N+](CCC(C=CC4=C(c5ccccc5)NC5C=CCCC45)=C1)CC3)CC2. The number of aryl methyl sites for hydroxylation is 1. The third kappa shape index (κ3) is 6.50. The van der Waals surface area contributed by atoms with Gasteiger partial charge in [0.15, 0.2) is 12.7 Å². The Morgan fingerprint density at radius 1 is 0.864 bits per heavy atom. The maximum Gasteiger partial charge on any atom is 0.214 e. The van der Waals surface area contributed by atoms with Crippen LogP contribution in [-0.2, 0) is 19.4 Å². The molecule has 59 heavy (non-hydrogen) atoms. The third-order valence-corrected chi connectivity index (χ3v) is 13.5. The van der Waals surface area contributed by atoms with Crippen LogP contribution in [0.3, 0.4) is 0 Å². The van der Waals surface area contributed by atoms with Crippen LogP contribution in [-0.4, -0.2) is 34.4 Å². The summed E-state index contributed by atoms with van der Waals surface area (Å²) in [5, 5.41) is 5.08. The quantitative estimate of drug-likeness (QED) is 0.0735. The predicted molar refractivity (Wildman–Crippen MR) is 246 cm³/mol. The van der Waals surface area contributed by atoms with Crippen molar-refractivity contribution < 1.29 is 9.14 Å². The highest BCUT2D eigenvalue weighted by molar-refractivity contribution is 6.12. The lowest BCUT2D eigenvalue weighted by atomic mass is 9.78. The number of hydrogen-bond acceptors (Lipinski definition) is 1. The normalized spacial score (nSPS) is 19.8. The minimum absolute atomic E-state index is 0.370. The molecule has 4 aliphatic heterocycles. The molecule has 2 aromatic heterocycles. The molecule has 0 saturated heterocycles. The summed E-state index contributed by atoms with van der Waals surface area (Å²) in [6, 6.07) is 24.5. The number of para-hydroxylation sites is 1. The Bertz CT molecular complexity index is 2840. The van der Waals surface area contributed by atoms with Crippen LogP contribution in [0.1, 0.15) is 76.4 Å². The molecule has 0 fully saturated rings. The van der Waals surface area contributed by atoms with Gasteiger partial charge in [-0.05, 0) is 90.3 Å². The smallest absolute Gasteiger partial charge is 0.214 e. The van der Waals surface area contributed by atoms with Gasteiger partial charge in [0.25, 0.3) is 0 Å². The Kier molecular flexibility index (Phi) is 9.61. The molecule has 4 nitrogen and oxygen atoms in total.